The SMILES string of the molecule is COc1cc2oc3ccccc3c2cc1NC(=O)OCc1ccc2ccccc2c1. The Morgan fingerprint density at radius 1 is 0.867 bits per heavy atom. The number of ether oxygens (including phenoxy) is 2. The smallest absolute Gasteiger partial charge is 0.412 e. The highest BCUT2D eigenvalue weighted by Crippen LogP contribution is 2.36. The number of amides is 1. The molecule has 0 radical (unpaired) electrons. The highest BCUT2D eigenvalue weighted by molar-refractivity contribution is 6.07. The van der Waals surface area contributed by atoms with Crippen molar-refractivity contribution in [2.24, 2.45) is 0 Å². The van der Waals surface area contributed by atoms with E-state index in [0.717, 1.165) is 32.7 Å². The zero-order valence-corrected chi connectivity index (χ0v) is 16.3. The predicted octanol–water partition coefficient (Wildman–Crippen LogP) is 6.50. The predicted molar refractivity (Wildman–Crippen MR) is 118 cm³/mol. The van der Waals surface area contributed by atoms with Crippen molar-refractivity contribution >= 4 is 44.5 Å². The minimum Gasteiger partial charge on any atom is -0.494 e. The Labute approximate surface area is 172 Å². The molecule has 0 atom stereocenters. The van der Waals surface area contributed by atoms with Crippen LogP contribution in [0.15, 0.2) is 83.3 Å². The number of furan rings is 1. The average molecular weight is 397 g/mol. The molecular formula is C25H19NO4. The van der Waals surface area contributed by atoms with Gasteiger partial charge in [0.15, 0.2) is 0 Å². The number of hydrogen-bond donors (Lipinski definition) is 1. The van der Waals surface area contributed by atoms with Crippen molar-refractivity contribution in [1.82, 2.24) is 0 Å². The van der Waals surface area contributed by atoms with Crippen LogP contribution in [0.5, 0.6) is 5.75 Å². The first kappa shape index (κ1) is 18.1. The molecule has 0 aliphatic heterocycles. The summed E-state index contributed by atoms with van der Waals surface area (Å²) in [5.74, 6) is 0.504. The number of carbonyl (C=O) groups is 1. The molecule has 0 saturated carbocycles. The van der Waals surface area contributed by atoms with Crippen molar-refractivity contribution in [2.75, 3.05) is 12.4 Å². The van der Waals surface area contributed by atoms with E-state index < -0.39 is 6.09 Å². The zero-order valence-electron chi connectivity index (χ0n) is 16.3. The van der Waals surface area contributed by atoms with Crippen LogP contribution in [0.1, 0.15) is 5.56 Å². The van der Waals surface area contributed by atoms with Crippen LogP contribution in [0.2, 0.25) is 0 Å². The fourth-order valence-electron chi connectivity index (χ4n) is 3.64. The van der Waals surface area contributed by atoms with Crippen molar-refractivity contribution in [1.29, 1.82) is 0 Å². The summed E-state index contributed by atoms with van der Waals surface area (Å²) < 4.78 is 16.7. The number of para-hydroxylation sites is 1. The second kappa shape index (κ2) is 7.44. The molecular weight excluding hydrogens is 378 g/mol. The van der Waals surface area contributed by atoms with Gasteiger partial charge < -0.3 is 13.9 Å². The van der Waals surface area contributed by atoms with E-state index in [4.69, 9.17) is 13.9 Å². The van der Waals surface area contributed by atoms with E-state index in [1.807, 2.05) is 66.7 Å². The lowest BCUT2D eigenvalue weighted by molar-refractivity contribution is 0.155. The second-order valence-corrected chi connectivity index (χ2v) is 7.03. The van der Waals surface area contributed by atoms with Gasteiger partial charge in [-0.15, -0.1) is 0 Å². The van der Waals surface area contributed by atoms with Gasteiger partial charge >= 0.3 is 6.09 Å². The summed E-state index contributed by atoms with van der Waals surface area (Å²) in [5.41, 5.74) is 2.93. The fraction of sp³-hybridized carbons (Fsp3) is 0.0800. The van der Waals surface area contributed by atoms with Gasteiger partial charge in [-0.05, 0) is 34.5 Å². The lowest BCUT2D eigenvalue weighted by Gasteiger charge is -2.11. The summed E-state index contributed by atoms with van der Waals surface area (Å²) in [4.78, 5) is 12.4. The minimum atomic E-state index is -0.548. The first-order valence-electron chi connectivity index (χ1n) is 9.62. The van der Waals surface area contributed by atoms with Crippen molar-refractivity contribution in [3.63, 3.8) is 0 Å². The molecule has 30 heavy (non-hydrogen) atoms. The van der Waals surface area contributed by atoms with E-state index in [9.17, 15) is 4.79 Å². The van der Waals surface area contributed by atoms with Crippen molar-refractivity contribution in [3.8, 4) is 5.75 Å². The summed E-state index contributed by atoms with van der Waals surface area (Å²) in [7, 11) is 1.55. The summed E-state index contributed by atoms with van der Waals surface area (Å²) in [6, 6.07) is 25.5. The van der Waals surface area contributed by atoms with Gasteiger partial charge in [-0.3, -0.25) is 5.32 Å². The van der Waals surface area contributed by atoms with E-state index in [2.05, 4.69) is 11.4 Å². The maximum Gasteiger partial charge on any atom is 0.412 e. The number of fused-ring (bicyclic) bond motifs is 4. The lowest BCUT2D eigenvalue weighted by Crippen LogP contribution is -2.14. The molecule has 5 aromatic rings. The van der Waals surface area contributed by atoms with Gasteiger partial charge in [0.1, 0.15) is 23.5 Å². The molecule has 0 aliphatic carbocycles. The van der Waals surface area contributed by atoms with Crippen LogP contribution in [-0.4, -0.2) is 13.2 Å². The molecule has 1 aromatic heterocycles. The van der Waals surface area contributed by atoms with E-state index >= 15 is 0 Å². The van der Waals surface area contributed by atoms with E-state index in [0.29, 0.717) is 17.0 Å². The fourth-order valence-corrected chi connectivity index (χ4v) is 3.64. The van der Waals surface area contributed by atoms with Crippen LogP contribution in [-0.2, 0) is 11.3 Å². The number of nitrogens with one attached hydrogen (secondary N) is 1. The van der Waals surface area contributed by atoms with Gasteiger partial charge in [0, 0.05) is 16.8 Å². The average Bonchev–Trinajstić information content (AvgIpc) is 3.14. The topological polar surface area (TPSA) is 60.7 Å². The largest absolute Gasteiger partial charge is 0.494 e. The Balaban J connectivity index is 1.37. The Morgan fingerprint density at radius 2 is 1.67 bits per heavy atom. The highest BCUT2D eigenvalue weighted by Gasteiger charge is 2.14. The molecule has 0 spiro atoms. The van der Waals surface area contributed by atoms with Gasteiger partial charge in [-0.2, -0.15) is 0 Å². The van der Waals surface area contributed by atoms with Crippen LogP contribution in [0.25, 0.3) is 32.7 Å². The third-order valence-electron chi connectivity index (χ3n) is 5.12. The van der Waals surface area contributed by atoms with Crippen LogP contribution in [0.3, 0.4) is 0 Å². The number of rotatable bonds is 4. The van der Waals surface area contributed by atoms with Crippen LogP contribution < -0.4 is 10.1 Å². The van der Waals surface area contributed by atoms with Crippen LogP contribution in [0, 0.1) is 0 Å². The molecule has 4 aromatic carbocycles. The van der Waals surface area contributed by atoms with Gasteiger partial charge in [0.05, 0.1) is 12.8 Å². The second-order valence-electron chi connectivity index (χ2n) is 7.03. The Bertz CT molecular complexity index is 1390. The molecule has 0 aliphatic rings. The Morgan fingerprint density at radius 3 is 2.53 bits per heavy atom. The Hall–Kier alpha value is -3.99. The van der Waals surface area contributed by atoms with Crippen LogP contribution >= 0.6 is 0 Å². The molecule has 5 heteroatoms. The van der Waals surface area contributed by atoms with Gasteiger partial charge in [-0.25, -0.2) is 4.79 Å². The Kier molecular flexibility index (Phi) is 4.48. The minimum absolute atomic E-state index is 0.176. The van der Waals surface area contributed by atoms with E-state index in [1.165, 1.54) is 0 Å². The molecule has 1 heterocycles. The van der Waals surface area contributed by atoms with Gasteiger partial charge in [-0.1, -0.05) is 54.6 Å². The summed E-state index contributed by atoms with van der Waals surface area (Å²) >= 11 is 0. The molecule has 1 amide bonds. The standard InChI is InChI=1S/C25H19NO4/c1-28-24-14-23-20(19-8-4-5-9-22(19)30-23)13-21(24)26-25(27)29-15-16-10-11-17-6-2-3-7-18(17)12-16/h2-14H,15H2,1H3,(H,26,27). The van der Waals surface area contributed by atoms with Crippen molar-refractivity contribution in [2.45, 2.75) is 6.61 Å². The maximum atomic E-state index is 12.4. The number of methoxy groups -OCH3 is 1. The molecule has 0 saturated heterocycles. The summed E-state index contributed by atoms with van der Waals surface area (Å²) in [5, 5.41) is 6.92. The first-order chi connectivity index (χ1) is 14.7. The van der Waals surface area contributed by atoms with E-state index in [-0.39, 0.29) is 6.61 Å². The molecule has 0 bridgehead atoms. The molecule has 0 fully saturated rings. The maximum absolute atomic E-state index is 12.4. The molecule has 5 rings (SSSR count). The quantitative estimate of drug-likeness (QED) is 0.376. The third kappa shape index (κ3) is 3.31. The third-order valence-corrected chi connectivity index (χ3v) is 5.12. The first-order valence-corrected chi connectivity index (χ1v) is 9.62. The van der Waals surface area contributed by atoms with Crippen molar-refractivity contribution < 1.29 is 18.7 Å². The summed E-state index contributed by atoms with van der Waals surface area (Å²) in [6.45, 7) is 0.176. The van der Waals surface area contributed by atoms with Crippen LogP contribution in [0.4, 0.5) is 10.5 Å². The number of carbonyl (C=O) groups excluding carboxylic acids is 1. The molecule has 0 unspecified atom stereocenters. The molecule has 148 valence electrons. The number of anilines is 1. The number of hydrogen-bond acceptors (Lipinski definition) is 4. The highest BCUT2D eigenvalue weighted by atomic mass is 16.5. The zero-order chi connectivity index (χ0) is 20.5. The molecule has 5 nitrogen and oxygen atoms in total. The summed E-state index contributed by atoms with van der Waals surface area (Å²) in [6.07, 6.45) is -0.548. The van der Waals surface area contributed by atoms with Gasteiger partial charge in [0.2, 0.25) is 0 Å². The van der Waals surface area contributed by atoms with Gasteiger partial charge in [0.25, 0.3) is 0 Å². The monoisotopic (exact) mass is 397 g/mol. The normalized spacial score (nSPS) is 11.1. The lowest BCUT2D eigenvalue weighted by atomic mass is 10.1. The van der Waals surface area contributed by atoms with Crippen molar-refractivity contribution in [3.05, 3.63) is 84.4 Å². The molecule has 1 N–H and O–H groups in total. The number of benzene rings is 4. The van der Waals surface area contributed by atoms with E-state index in [1.54, 1.807) is 13.2 Å².